The lowest BCUT2D eigenvalue weighted by Crippen LogP contribution is -2.24. The van der Waals surface area contributed by atoms with Crippen LogP contribution < -0.4 is 10.4 Å². The second-order valence-corrected chi connectivity index (χ2v) is 5.57. The molecule has 3 aromatic rings. The highest BCUT2D eigenvalue weighted by molar-refractivity contribution is 7.11. The van der Waals surface area contributed by atoms with E-state index in [0.29, 0.717) is 11.0 Å². The van der Waals surface area contributed by atoms with Crippen molar-refractivity contribution >= 4 is 11.3 Å². The van der Waals surface area contributed by atoms with E-state index in [0.717, 1.165) is 17.5 Å². The van der Waals surface area contributed by atoms with Crippen LogP contribution in [0.1, 0.15) is 19.4 Å². The Morgan fingerprint density at radius 3 is 2.82 bits per heavy atom. The average molecular weight is 322 g/mol. The Labute approximate surface area is 132 Å². The smallest absolute Gasteiger partial charge is 0.369 e. The maximum absolute atomic E-state index is 12.2. The van der Waals surface area contributed by atoms with Crippen LogP contribution in [0.2, 0.25) is 0 Å². The second kappa shape index (κ2) is 5.76. The molecule has 0 radical (unpaired) electrons. The number of aryl methyl sites for hydroxylation is 3. The Hall–Kier alpha value is -2.42. The molecule has 0 aliphatic carbocycles. The Morgan fingerprint density at radius 2 is 2.23 bits per heavy atom. The molecular weight excluding hydrogens is 304 g/mol. The summed E-state index contributed by atoms with van der Waals surface area (Å²) in [5, 5.41) is 9.71. The number of hydrogen-bond donors (Lipinski definition) is 0. The van der Waals surface area contributed by atoms with Crippen molar-refractivity contribution in [1.29, 1.82) is 0 Å². The zero-order valence-electron chi connectivity index (χ0n) is 13.5. The quantitative estimate of drug-likeness (QED) is 0.697. The van der Waals surface area contributed by atoms with Crippen molar-refractivity contribution in [3.63, 3.8) is 0 Å². The molecule has 3 rings (SSSR count). The molecule has 3 heterocycles. The number of ether oxygens (including phenoxy) is 1. The molecule has 116 valence electrons. The highest BCUT2D eigenvalue weighted by Gasteiger charge is 2.19. The van der Waals surface area contributed by atoms with Gasteiger partial charge in [-0.2, -0.15) is 4.68 Å². The third-order valence-corrected chi connectivity index (χ3v) is 3.99. The largest absolute Gasteiger partial charge is 0.465 e. The number of tetrazole rings is 1. The SMILES string of the molecule is [3H]c1csc(OCc2c(CC)cn(C)c2-n2nnn(C)c2=O)n1. The van der Waals surface area contributed by atoms with Gasteiger partial charge in [0.2, 0.25) is 0 Å². The van der Waals surface area contributed by atoms with Gasteiger partial charge in [0.25, 0.3) is 5.19 Å². The first-order valence-electron chi connectivity index (χ1n) is 7.22. The summed E-state index contributed by atoms with van der Waals surface area (Å²) in [4.78, 5) is 16.1. The lowest BCUT2D eigenvalue weighted by molar-refractivity contribution is 0.302. The van der Waals surface area contributed by atoms with Crippen LogP contribution in [0.15, 0.2) is 22.5 Å². The fourth-order valence-corrected chi connectivity index (χ4v) is 2.74. The Kier molecular flexibility index (Phi) is 3.47. The van der Waals surface area contributed by atoms with Crippen LogP contribution in [-0.4, -0.2) is 29.3 Å². The Bertz CT molecular complexity index is 893. The molecule has 3 aromatic heterocycles. The van der Waals surface area contributed by atoms with Gasteiger partial charge >= 0.3 is 5.69 Å². The van der Waals surface area contributed by atoms with Gasteiger partial charge in [-0.15, -0.1) is 4.68 Å². The molecule has 0 fully saturated rings. The minimum absolute atomic E-state index is 0.180. The van der Waals surface area contributed by atoms with Crippen molar-refractivity contribution < 1.29 is 6.11 Å². The highest BCUT2D eigenvalue weighted by Crippen LogP contribution is 2.23. The van der Waals surface area contributed by atoms with E-state index in [1.165, 1.54) is 20.7 Å². The van der Waals surface area contributed by atoms with Gasteiger partial charge in [-0.05, 0) is 22.4 Å². The van der Waals surface area contributed by atoms with E-state index < -0.39 is 0 Å². The zero-order chi connectivity index (χ0) is 16.6. The van der Waals surface area contributed by atoms with Crippen molar-refractivity contribution in [1.82, 2.24) is 29.3 Å². The molecule has 22 heavy (non-hydrogen) atoms. The molecule has 0 aliphatic rings. The lowest BCUT2D eigenvalue weighted by Gasteiger charge is -2.07. The van der Waals surface area contributed by atoms with Gasteiger partial charge in [0.1, 0.15) is 12.4 Å². The topological polar surface area (TPSA) is 79.8 Å². The van der Waals surface area contributed by atoms with Gasteiger partial charge in [-0.3, -0.25) is 0 Å². The monoisotopic (exact) mass is 322 g/mol. The molecule has 0 N–H and O–H groups in total. The molecule has 0 aromatic carbocycles. The number of nitrogens with zero attached hydrogens (tertiary/aromatic N) is 6. The first-order chi connectivity index (χ1) is 11.0. The summed E-state index contributed by atoms with van der Waals surface area (Å²) in [6.45, 7) is 2.28. The fraction of sp³-hybridized carbons (Fsp3) is 0.385. The van der Waals surface area contributed by atoms with Crippen molar-refractivity contribution in [3.8, 4) is 11.0 Å². The van der Waals surface area contributed by atoms with E-state index in [-0.39, 0.29) is 18.5 Å². The van der Waals surface area contributed by atoms with Gasteiger partial charge in [0, 0.05) is 37.4 Å². The fourth-order valence-electron chi connectivity index (χ4n) is 2.30. The molecule has 0 bridgehead atoms. The van der Waals surface area contributed by atoms with Gasteiger partial charge in [-0.1, -0.05) is 18.3 Å². The van der Waals surface area contributed by atoms with Crippen molar-refractivity contribution in [2.75, 3.05) is 0 Å². The van der Waals surface area contributed by atoms with Crippen molar-refractivity contribution in [3.05, 3.63) is 39.4 Å². The van der Waals surface area contributed by atoms with Crippen LogP contribution in [0, 0.1) is 0 Å². The maximum Gasteiger partial charge on any atom is 0.369 e. The van der Waals surface area contributed by atoms with Crippen LogP contribution in [0.25, 0.3) is 5.82 Å². The Balaban J connectivity index is 2.01. The molecular formula is C13H16N6O2S. The molecule has 8 nitrogen and oxygen atoms in total. The average Bonchev–Trinajstić information content (AvgIpc) is 3.17. The van der Waals surface area contributed by atoms with Crippen LogP contribution >= 0.6 is 11.3 Å². The van der Waals surface area contributed by atoms with Crippen molar-refractivity contribution in [2.45, 2.75) is 20.0 Å². The zero-order valence-corrected chi connectivity index (χ0v) is 13.3. The molecule has 9 heteroatoms. The first kappa shape index (κ1) is 13.3. The van der Waals surface area contributed by atoms with Crippen LogP contribution in [-0.2, 0) is 27.1 Å². The summed E-state index contributed by atoms with van der Waals surface area (Å²) >= 11 is 1.27. The van der Waals surface area contributed by atoms with Gasteiger partial charge in [0.05, 0.1) is 1.37 Å². The summed E-state index contributed by atoms with van der Waals surface area (Å²) in [5.74, 6) is 0.627. The third kappa shape index (κ3) is 2.43. The standard InChI is InChI=1S/C13H16N6O2S/c1-4-9-7-17(2)11(19-13(20)18(3)15-16-19)10(9)8-21-12-14-5-6-22-12/h5-7H,4,8H2,1-3H3/i5T. The number of aromatic nitrogens is 6. The van der Waals surface area contributed by atoms with Crippen LogP contribution in [0.5, 0.6) is 5.19 Å². The summed E-state index contributed by atoms with van der Waals surface area (Å²) in [7, 11) is 3.40. The van der Waals surface area contributed by atoms with Gasteiger partial charge in [0.15, 0.2) is 0 Å². The number of hydrogen-bond acceptors (Lipinski definition) is 6. The number of rotatable bonds is 5. The molecule has 0 unspecified atom stereocenters. The van der Waals surface area contributed by atoms with E-state index in [4.69, 9.17) is 6.11 Å². The molecule has 0 saturated carbocycles. The predicted molar refractivity (Wildman–Crippen MR) is 81.4 cm³/mol. The maximum atomic E-state index is 12.2. The summed E-state index contributed by atoms with van der Waals surface area (Å²) in [5.41, 5.74) is 1.60. The predicted octanol–water partition coefficient (Wildman–Crippen LogP) is 0.902. The van der Waals surface area contributed by atoms with Gasteiger partial charge < -0.3 is 9.30 Å². The second-order valence-electron chi connectivity index (χ2n) is 4.75. The summed E-state index contributed by atoms with van der Waals surface area (Å²) < 4.78 is 17.4. The Morgan fingerprint density at radius 1 is 1.41 bits per heavy atom. The minimum atomic E-state index is -0.321. The third-order valence-electron chi connectivity index (χ3n) is 3.35. The van der Waals surface area contributed by atoms with E-state index >= 15 is 0 Å². The number of thiazole rings is 1. The molecule has 0 saturated heterocycles. The molecule has 0 atom stereocenters. The van der Waals surface area contributed by atoms with Crippen LogP contribution in [0.3, 0.4) is 0 Å². The van der Waals surface area contributed by atoms with Gasteiger partial charge in [-0.25, -0.2) is 9.78 Å². The van der Waals surface area contributed by atoms with E-state index in [2.05, 4.69) is 15.4 Å². The molecule has 0 amide bonds. The highest BCUT2D eigenvalue weighted by atomic mass is 32.1. The first-order valence-corrected chi connectivity index (χ1v) is 7.60. The lowest BCUT2D eigenvalue weighted by atomic mass is 10.1. The van der Waals surface area contributed by atoms with Crippen molar-refractivity contribution in [2.24, 2.45) is 14.1 Å². The molecule has 0 aliphatic heterocycles. The summed E-state index contributed by atoms with van der Waals surface area (Å²) in [6, 6.07) is 0. The normalized spacial score (nSPS) is 11.7. The minimum Gasteiger partial charge on any atom is -0.465 e. The van der Waals surface area contributed by atoms with E-state index in [9.17, 15) is 4.79 Å². The molecule has 0 spiro atoms. The van der Waals surface area contributed by atoms with E-state index in [1.54, 1.807) is 12.4 Å². The summed E-state index contributed by atoms with van der Waals surface area (Å²) in [6.07, 6.45) is 2.93. The van der Waals surface area contributed by atoms with E-state index in [1.807, 2.05) is 24.7 Å². The van der Waals surface area contributed by atoms with Crippen LogP contribution in [0.4, 0.5) is 0 Å².